The summed E-state index contributed by atoms with van der Waals surface area (Å²) in [6.45, 7) is 2.71. The number of alkyl halides is 3. The van der Waals surface area contributed by atoms with Crippen molar-refractivity contribution < 1.29 is 17.9 Å². The minimum Gasteiger partial charge on any atom is -0.404 e. The first kappa shape index (κ1) is 19.9. The Hall–Kier alpha value is -1.19. The van der Waals surface area contributed by atoms with Crippen LogP contribution in [0.3, 0.4) is 0 Å². The molecule has 130 valence electrons. The fraction of sp³-hybridized carbons (Fsp3) is 0.533. The van der Waals surface area contributed by atoms with Gasteiger partial charge in [-0.2, -0.15) is 0 Å². The van der Waals surface area contributed by atoms with Crippen molar-refractivity contribution in [1.82, 2.24) is 0 Å². The summed E-state index contributed by atoms with van der Waals surface area (Å²) in [4.78, 5) is 4.26. The second-order valence-corrected chi connectivity index (χ2v) is 5.89. The molecule has 0 radical (unpaired) electrons. The quantitative estimate of drug-likeness (QED) is 0.409. The third-order valence-electron chi connectivity index (χ3n) is 3.82. The zero-order valence-corrected chi connectivity index (χ0v) is 15.2. The molecule has 8 heteroatoms. The Morgan fingerprint density at radius 2 is 1.91 bits per heavy atom. The lowest BCUT2D eigenvalue weighted by atomic mass is 9.89. The highest BCUT2D eigenvalue weighted by atomic mass is 127. The highest BCUT2D eigenvalue weighted by molar-refractivity contribution is 14.0. The van der Waals surface area contributed by atoms with E-state index in [4.69, 9.17) is 5.73 Å². The predicted molar refractivity (Wildman–Crippen MR) is 95.2 cm³/mol. The third-order valence-corrected chi connectivity index (χ3v) is 3.82. The Morgan fingerprint density at radius 1 is 1.30 bits per heavy atom. The van der Waals surface area contributed by atoms with Crippen molar-refractivity contribution >= 4 is 35.6 Å². The molecule has 0 amide bonds. The van der Waals surface area contributed by atoms with Crippen molar-refractivity contribution in [2.75, 3.05) is 11.9 Å². The highest BCUT2D eigenvalue weighted by Crippen LogP contribution is 2.37. The van der Waals surface area contributed by atoms with Gasteiger partial charge in [0.05, 0.1) is 5.69 Å². The second-order valence-electron chi connectivity index (χ2n) is 5.89. The molecule has 1 aromatic carbocycles. The summed E-state index contributed by atoms with van der Waals surface area (Å²) in [5, 5.41) is 2.68. The van der Waals surface area contributed by atoms with Crippen LogP contribution in [0.2, 0.25) is 0 Å². The lowest BCUT2D eigenvalue weighted by molar-refractivity contribution is -0.274. The largest absolute Gasteiger partial charge is 0.573 e. The molecule has 0 unspecified atom stereocenters. The van der Waals surface area contributed by atoms with Gasteiger partial charge in [0, 0.05) is 6.54 Å². The number of nitrogens with zero attached hydrogens (tertiary/aromatic N) is 1. The van der Waals surface area contributed by atoms with Gasteiger partial charge in [-0.3, -0.25) is 4.99 Å². The summed E-state index contributed by atoms with van der Waals surface area (Å²) >= 11 is 0. The van der Waals surface area contributed by atoms with Gasteiger partial charge < -0.3 is 15.8 Å². The Morgan fingerprint density at radius 3 is 2.52 bits per heavy atom. The molecule has 0 saturated heterocycles. The molecule has 1 saturated carbocycles. The SMILES string of the molecule is CC1(CN=C(N)Nc2ccccc2OC(F)(F)F)CCCC1.I. The molecule has 1 fully saturated rings. The number of halogens is 4. The van der Waals surface area contributed by atoms with Crippen LogP contribution in [0.5, 0.6) is 5.75 Å². The molecule has 0 aromatic heterocycles. The molecular weight excluding hydrogens is 422 g/mol. The number of benzene rings is 1. The van der Waals surface area contributed by atoms with Crippen LogP contribution in [0.4, 0.5) is 18.9 Å². The lowest BCUT2D eigenvalue weighted by Gasteiger charge is -2.21. The van der Waals surface area contributed by atoms with E-state index in [0.717, 1.165) is 12.8 Å². The molecule has 0 aliphatic heterocycles. The summed E-state index contributed by atoms with van der Waals surface area (Å²) in [5.74, 6) is -0.244. The second kappa shape index (κ2) is 8.07. The average molecular weight is 443 g/mol. The van der Waals surface area contributed by atoms with Crippen LogP contribution in [-0.4, -0.2) is 18.9 Å². The maximum Gasteiger partial charge on any atom is 0.573 e. The fourth-order valence-corrected chi connectivity index (χ4v) is 2.62. The first-order valence-electron chi connectivity index (χ1n) is 7.19. The standard InChI is InChI=1S/C15H20F3N3O.HI/c1-14(8-4-5-9-14)10-20-13(19)21-11-6-2-3-7-12(11)22-15(16,17)18;/h2-3,6-7H,4-5,8-10H2,1H3,(H3,19,20,21);1H. The van der Waals surface area contributed by atoms with Crippen molar-refractivity contribution in [3.8, 4) is 5.75 Å². The number of hydrogen-bond donors (Lipinski definition) is 2. The highest BCUT2D eigenvalue weighted by Gasteiger charge is 2.32. The normalized spacial score (nSPS) is 17.5. The molecule has 0 heterocycles. The molecule has 0 spiro atoms. The van der Waals surface area contributed by atoms with Crippen LogP contribution in [0.25, 0.3) is 0 Å². The molecule has 4 nitrogen and oxygen atoms in total. The van der Waals surface area contributed by atoms with Crippen molar-refractivity contribution in [3.05, 3.63) is 24.3 Å². The van der Waals surface area contributed by atoms with Gasteiger partial charge in [0.2, 0.25) is 0 Å². The summed E-state index contributed by atoms with van der Waals surface area (Å²) in [7, 11) is 0. The summed E-state index contributed by atoms with van der Waals surface area (Å²) in [5.41, 5.74) is 6.05. The van der Waals surface area contributed by atoms with E-state index in [9.17, 15) is 13.2 Å². The monoisotopic (exact) mass is 443 g/mol. The Balaban J connectivity index is 0.00000264. The molecular formula is C15H21F3IN3O. The van der Waals surface area contributed by atoms with Crippen molar-refractivity contribution in [3.63, 3.8) is 0 Å². The maximum atomic E-state index is 12.4. The Labute approximate surface area is 150 Å². The number of guanidine groups is 1. The van der Waals surface area contributed by atoms with Gasteiger partial charge in [-0.15, -0.1) is 37.1 Å². The number of nitrogens with two attached hydrogens (primary N) is 1. The summed E-state index contributed by atoms with van der Waals surface area (Å²) in [6.07, 6.45) is -0.195. The van der Waals surface area contributed by atoms with E-state index in [1.807, 2.05) is 0 Å². The zero-order valence-electron chi connectivity index (χ0n) is 12.8. The molecule has 1 aromatic rings. The van der Waals surface area contributed by atoms with Crippen molar-refractivity contribution in [2.45, 2.75) is 39.0 Å². The van der Waals surface area contributed by atoms with E-state index in [1.54, 1.807) is 6.07 Å². The molecule has 1 aliphatic rings. The smallest absolute Gasteiger partial charge is 0.404 e. The van der Waals surface area contributed by atoms with Gasteiger partial charge in [-0.25, -0.2) is 0 Å². The summed E-state index contributed by atoms with van der Waals surface area (Å²) in [6, 6.07) is 5.73. The van der Waals surface area contributed by atoms with Gasteiger partial charge in [0.15, 0.2) is 11.7 Å². The lowest BCUT2D eigenvalue weighted by Crippen LogP contribution is -2.26. The minimum absolute atomic E-state index is 0. The van der Waals surface area contributed by atoms with E-state index >= 15 is 0 Å². The predicted octanol–water partition coefficient (Wildman–Crippen LogP) is 4.51. The fourth-order valence-electron chi connectivity index (χ4n) is 2.62. The van der Waals surface area contributed by atoms with Gasteiger partial charge in [0.1, 0.15) is 0 Å². The van der Waals surface area contributed by atoms with E-state index in [-0.39, 0.29) is 46.8 Å². The third kappa shape index (κ3) is 6.44. The number of para-hydroxylation sites is 2. The van der Waals surface area contributed by atoms with E-state index in [0.29, 0.717) is 6.54 Å². The topological polar surface area (TPSA) is 59.6 Å². The van der Waals surface area contributed by atoms with E-state index < -0.39 is 6.36 Å². The number of rotatable bonds is 4. The molecule has 23 heavy (non-hydrogen) atoms. The van der Waals surface area contributed by atoms with Gasteiger partial charge in [-0.05, 0) is 30.4 Å². The summed E-state index contributed by atoms with van der Waals surface area (Å²) < 4.78 is 41.0. The molecule has 0 atom stereocenters. The average Bonchev–Trinajstić information content (AvgIpc) is 2.85. The van der Waals surface area contributed by atoms with Gasteiger partial charge in [0.25, 0.3) is 0 Å². The molecule has 3 N–H and O–H groups in total. The van der Waals surface area contributed by atoms with Gasteiger partial charge >= 0.3 is 6.36 Å². The van der Waals surface area contributed by atoms with E-state index in [2.05, 4.69) is 22.0 Å². The Kier molecular flexibility index (Phi) is 6.97. The number of hydrogen-bond acceptors (Lipinski definition) is 2. The number of aliphatic imine (C=N–C) groups is 1. The maximum absolute atomic E-state index is 12.4. The van der Waals surface area contributed by atoms with E-state index in [1.165, 1.54) is 31.0 Å². The first-order valence-corrected chi connectivity index (χ1v) is 7.19. The van der Waals surface area contributed by atoms with Crippen LogP contribution in [0.1, 0.15) is 32.6 Å². The van der Waals surface area contributed by atoms with Gasteiger partial charge in [-0.1, -0.05) is 31.9 Å². The van der Waals surface area contributed by atoms with Crippen LogP contribution < -0.4 is 15.8 Å². The number of nitrogens with one attached hydrogen (secondary N) is 1. The molecule has 2 rings (SSSR count). The molecule has 0 bridgehead atoms. The van der Waals surface area contributed by atoms with Crippen LogP contribution in [0.15, 0.2) is 29.3 Å². The minimum atomic E-state index is -4.75. The number of anilines is 1. The zero-order chi connectivity index (χ0) is 16.2. The van der Waals surface area contributed by atoms with Crippen molar-refractivity contribution in [1.29, 1.82) is 0 Å². The first-order chi connectivity index (χ1) is 10.3. The van der Waals surface area contributed by atoms with Crippen molar-refractivity contribution in [2.24, 2.45) is 16.1 Å². The van der Waals surface area contributed by atoms with Crippen LogP contribution >= 0.6 is 24.0 Å². The Bertz CT molecular complexity index is 543. The molecule has 1 aliphatic carbocycles. The van der Waals surface area contributed by atoms with Crippen LogP contribution in [-0.2, 0) is 0 Å². The van der Waals surface area contributed by atoms with Crippen LogP contribution in [0, 0.1) is 5.41 Å². The number of ether oxygens (including phenoxy) is 1.